The zero-order valence-electron chi connectivity index (χ0n) is 17.4. The topological polar surface area (TPSA) is 103 Å². The van der Waals surface area contributed by atoms with E-state index in [9.17, 15) is 22.0 Å². The Bertz CT molecular complexity index is 1280. The van der Waals surface area contributed by atoms with Crippen molar-refractivity contribution >= 4 is 49.9 Å². The van der Waals surface area contributed by atoms with Gasteiger partial charge in [-0.1, -0.05) is 17.7 Å². The van der Waals surface area contributed by atoms with Crippen molar-refractivity contribution < 1.29 is 36.6 Å². The average molecular weight is 522 g/mol. The molecule has 0 spiro atoms. The van der Waals surface area contributed by atoms with Crippen molar-refractivity contribution in [3.8, 4) is 11.6 Å². The van der Waals surface area contributed by atoms with Gasteiger partial charge in [-0.25, -0.2) is 18.2 Å². The van der Waals surface area contributed by atoms with Crippen LogP contribution in [0.1, 0.15) is 17.5 Å². The molecule has 12 heteroatoms. The van der Waals surface area contributed by atoms with Crippen molar-refractivity contribution in [1.82, 2.24) is 4.98 Å². The largest absolute Gasteiger partial charge is 0.481 e. The summed E-state index contributed by atoms with van der Waals surface area (Å²) in [6.45, 7) is -2.18. The number of aromatic nitrogens is 1. The number of carboxylic acid groups (broad SMARTS) is 1. The second-order valence-corrected chi connectivity index (χ2v) is 10.3. The van der Waals surface area contributed by atoms with Crippen LogP contribution in [-0.4, -0.2) is 49.3 Å². The third kappa shape index (κ3) is 5.74. The number of carbonyl (C=O) groups is 1. The molecule has 7 nitrogen and oxygen atoms in total. The Balaban J connectivity index is 2.17. The van der Waals surface area contributed by atoms with Crippen LogP contribution in [0.25, 0.3) is 10.9 Å². The summed E-state index contributed by atoms with van der Waals surface area (Å²) in [6.07, 6.45) is 4.13. The number of aliphatic carboxylic acids is 1. The first-order valence-electron chi connectivity index (χ1n) is 9.53. The summed E-state index contributed by atoms with van der Waals surface area (Å²) < 4.78 is 60.0. The molecule has 2 aromatic rings. The van der Waals surface area contributed by atoms with Crippen LogP contribution in [-0.2, 0) is 21.1 Å². The van der Waals surface area contributed by atoms with Crippen molar-refractivity contribution in [2.75, 3.05) is 12.9 Å². The Labute approximate surface area is 198 Å². The molecule has 3 rings (SSSR count). The van der Waals surface area contributed by atoms with Crippen molar-refractivity contribution in [1.29, 1.82) is 0 Å². The fraction of sp³-hybridized carbons (Fsp3) is 0.333. The maximum atomic E-state index is 13.2. The minimum absolute atomic E-state index is 0.0312. The van der Waals surface area contributed by atoms with Crippen molar-refractivity contribution in [2.24, 2.45) is 0 Å². The van der Waals surface area contributed by atoms with E-state index in [1.54, 1.807) is 6.92 Å². The third-order valence-corrected chi connectivity index (χ3v) is 7.06. The highest BCUT2D eigenvalue weighted by molar-refractivity contribution is 7.94. The van der Waals surface area contributed by atoms with Gasteiger partial charge in [0.05, 0.1) is 15.9 Å². The minimum Gasteiger partial charge on any atom is -0.481 e. The van der Waals surface area contributed by atoms with Gasteiger partial charge in [-0.2, -0.15) is 8.78 Å². The number of allylic oxidation sites excluding steroid dienone is 4. The molecule has 1 aliphatic rings. The number of benzene rings is 1. The normalized spacial score (nSPS) is 16.5. The second kappa shape index (κ2) is 9.82. The van der Waals surface area contributed by atoms with E-state index in [4.69, 9.17) is 33.0 Å². The van der Waals surface area contributed by atoms with Gasteiger partial charge < -0.3 is 14.6 Å². The van der Waals surface area contributed by atoms with Crippen LogP contribution in [0.2, 0.25) is 5.02 Å². The molecule has 1 unspecified atom stereocenters. The number of sulfone groups is 1. The first kappa shape index (κ1) is 25.2. The molecule has 1 atom stereocenters. The number of alkyl halides is 3. The molecule has 0 fully saturated rings. The highest BCUT2D eigenvalue weighted by Crippen LogP contribution is 2.40. The first-order chi connectivity index (χ1) is 15.4. The predicted molar refractivity (Wildman–Crippen MR) is 120 cm³/mol. The van der Waals surface area contributed by atoms with Crippen molar-refractivity contribution in [3.63, 3.8) is 0 Å². The van der Waals surface area contributed by atoms with Crippen LogP contribution >= 0.6 is 23.2 Å². The standard InChI is InChI=1S/C21H19Cl2F2NO6S/c1-10-13(7-11-3-4-12(8-15(11)23)33(2,29)30)20(32-21(24)25)26-19-14(22)5-6-16(18(10)19)31-9-17(27)28/h3-6,15,21H,7-9H2,1-2H3,(H,27,28). The predicted octanol–water partition coefficient (Wildman–Crippen LogP) is 4.67. The Hall–Kier alpha value is -2.43. The van der Waals surface area contributed by atoms with Gasteiger partial charge in [0.15, 0.2) is 16.4 Å². The Kier molecular flexibility index (Phi) is 7.50. The Morgan fingerprint density at radius 2 is 2.03 bits per heavy atom. The van der Waals surface area contributed by atoms with E-state index in [2.05, 4.69) is 9.72 Å². The molecule has 1 aromatic carbocycles. The van der Waals surface area contributed by atoms with Gasteiger partial charge >= 0.3 is 12.6 Å². The molecule has 0 aliphatic heterocycles. The quantitative estimate of drug-likeness (QED) is 0.503. The van der Waals surface area contributed by atoms with Crippen LogP contribution in [0.15, 0.2) is 34.8 Å². The van der Waals surface area contributed by atoms with Gasteiger partial charge in [-0.3, -0.25) is 0 Å². The Morgan fingerprint density at radius 1 is 1.33 bits per heavy atom. The molecule has 1 heterocycles. The fourth-order valence-electron chi connectivity index (χ4n) is 3.48. The molecule has 1 N–H and O–H groups in total. The first-order valence-corrected chi connectivity index (χ1v) is 12.2. The maximum Gasteiger partial charge on any atom is 0.388 e. The van der Waals surface area contributed by atoms with Crippen LogP contribution in [0.3, 0.4) is 0 Å². The van der Waals surface area contributed by atoms with Crippen LogP contribution in [0.5, 0.6) is 11.6 Å². The van der Waals surface area contributed by atoms with Gasteiger partial charge in [0.1, 0.15) is 5.75 Å². The summed E-state index contributed by atoms with van der Waals surface area (Å²) in [7, 11) is -3.42. The van der Waals surface area contributed by atoms with E-state index in [1.165, 1.54) is 24.3 Å². The third-order valence-electron chi connectivity index (χ3n) is 5.06. The maximum absolute atomic E-state index is 13.2. The lowest BCUT2D eigenvalue weighted by molar-refractivity contribution is -0.139. The minimum atomic E-state index is -3.42. The highest BCUT2D eigenvalue weighted by Gasteiger charge is 2.26. The van der Waals surface area contributed by atoms with E-state index in [0.29, 0.717) is 16.5 Å². The summed E-state index contributed by atoms with van der Waals surface area (Å²) in [6, 6.07) is 2.88. The molecular weight excluding hydrogens is 503 g/mol. The summed E-state index contributed by atoms with van der Waals surface area (Å²) >= 11 is 12.6. The molecular formula is C21H19Cl2F2NO6S. The van der Waals surface area contributed by atoms with Gasteiger partial charge in [0, 0.05) is 35.0 Å². The van der Waals surface area contributed by atoms with Crippen LogP contribution < -0.4 is 9.47 Å². The number of hydrogen-bond acceptors (Lipinski definition) is 6. The van der Waals surface area contributed by atoms with Crippen LogP contribution in [0.4, 0.5) is 8.78 Å². The number of rotatable bonds is 8. The van der Waals surface area contributed by atoms with E-state index < -0.39 is 34.4 Å². The van der Waals surface area contributed by atoms with E-state index in [0.717, 1.165) is 6.26 Å². The number of ether oxygens (including phenoxy) is 2. The highest BCUT2D eigenvalue weighted by atomic mass is 35.5. The van der Waals surface area contributed by atoms with E-state index in [-0.39, 0.29) is 45.5 Å². The van der Waals surface area contributed by atoms with E-state index >= 15 is 0 Å². The molecule has 33 heavy (non-hydrogen) atoms. The number of fused-ring (bicyclic) bond motifs is 1. The lowest BCUT2D eigenvalue weighted by atomic mass is 9.93. The lowest BCUT2D eigenvalue weighted by Gasteiger charge is -2.22. The molecule has 0 amide bonds. The molecule has 1 aliphatic carbocycles. The Morgan fingerprint density at radius 3 is 2.61 bits per heavy atom. The number of hydrogen-bond donors (Lipinski definition) is 1. The zero-order chi connectivity index (χ0) is 24.5. The summed E-state index contributed by atoms with van der Waals surface area (Å²) in [5, 5.41) is 8.73. The monoisotopic (exact) mass is 521 g/mol. The molecule has 1 aromatic heterocycles. The molecule has 0 bridgehead atoms. The average Bonchev–Trinajstić information content (AvgIpc) is 2.70. The van der Waals surface area contributed by atoms with Gasteiger partial charge in [0.2, 0.25) is 5.88 Å². The number of carboxylic acids is 1. The summed E-state index contributed by atoms with van der Waals surface area (Å²) in [5.41, 5.74) is 1.37. The van der Waals surface area contributed by atoms with Crippen LogP contribution in [0, 0.1) is 6.92 Å². The number of nitrogens with zero attached hydrogens (tertiary/aromatic N) is 1. The lowest BCUT2D eigenvalue weighted by Crippen LogP contribution is -2.17. The summed E-state index contributed by atoms with van der Waals surface area (Å²) in [4.78, 5) is 15.3. The molecule has 0 saturated carbocycles. The van der Waals surface area contributed by atoms with E-state index in [1.807, 2.05) is 0 Å². The molecule has 0 saturated heterocycles. The fourth-order valence-corrected chi connectivity index (χ4v) is 4.87. The number of aryl methyl sites for hydroxylation is 1. The molecule has 0 radical (unpaired) electrons. The SMILES string of the molecule is Cc1c(CC2=CC=C(S(C)(=O)=O)CC2Cl)c(OC(F)F)nc2c(Cl)ccc(OCC(=O)O)c12. The molecule has 178 valence electrons. The smallest absolute Gasteiger partial charge is 0.388 e. The van der Waals surface area contributed by atoms with Crippen molar-refractivity contribution in [2.45, 2.75) is 31.8 Å². The zero-order valence-corrected chi connectivity index (χ0v) is 19.8. The van der Waals surface area contributed by atoms with Gasteiger partial charge in [-0.05, 0) is 36.3 Å². The number of pyridine rings is 1. The van der Waals surface area contributed by atoms with Gasteiger partial charge in [0.25, 0.3) is 0 Å². The number of halogens is 4. The summed E-state index contributed by atoms with van der Waals surface area (Å²) in [5.74, 6) is -1.41. The second-order valence-electron chi connectivity index (χ2n) is 7.35. The van der Waals surface area contributed by atoms with Crippen molar-refractivity contribution in [3.05, 3.63) is 50.9 Å². The van der Waals surface area contributed by atoms with Gasteiger partial charge in [-0.15, -0.1) is 11.6 Å².